The van der Waals surface area contributed by atoms with E-state index in [0.29, 0.717) is 38.2 Å². The van der Waals surface area contributed by atoms with Gasteiger partial charge in [0.1, 0.15) is 0 Å². The Morgan fingerprint density at radius 1 is 1.19 bits per heavy atom. The van der Waals surface area contributed by atoms with Gasteiger partial charge >= 0.3 is 0 Å². The van der Waals surface area contributed by atoms with E-state index < -0.39 is 0 Å². The fraction of sp³-hybridized carbons (Fsp3) is 0.350. The van der Waals surface area contributed by atoms with Crippen LogP contribution in [0.4, 0.5) is 0 Å². The van der Waals surface area contributed by atoms with Crippen LogP contribution >= 0.6 is 0 Å². The smallest absolute Gasteiger partial charge is 0.231 e. The summed E-state index contributed by atoms with van der Waals surface area (Å²) in [5.41, 5.74) is 1.93. The number of amides is 2. The molecule has 2 aromatic rings. The van der Waals surface area contributed by atoms with Gasteiger partial charge in [-0.25, -0.2) is 0 Å². The van der Waals surface area contributed by atoms with Gasteiger partial charge in [-0.3, -0.25) is 14.6 Å². The Balaban J connectivity index is 1.53. The number of piperidine rings is 1. The third kappa shape index (κ3) is 4.02. The zero-order chi connectivity index (χ0) is 18.6. The van der Waals surface area contributed by atoms with Crippen LogP contribution in [0, 0.1) is 5.92 Å². The first-order chi connectivity index (χ1) is 13.2. The largest absolute Gasteiger partial charge is 0.454 e. The molecule has 27 heavy (non-hydrogen) atoms. The Morgan fingerprint density at radius 2 is 2.04 bits per heavy atom. The average molecular weight is 367 g/mol. The second kappa shape index (κ2) is 7.65. The fourth-order valence-corrected chi connectivity index (χ4v) is 3.39. The van der Waals surface area contributed by atoms with Crippen LogP contribution in [0.15, 0.2) is 42.7 Å². The highest BCUT2D eigenvalue weighted by atomic mass is 16.7. The number of nitrogens with zero attached hydrogens (tertiary/aromatic N) is 2. The summed E-state index contributed by atoms with van der Waals surface area (Å²) in [6, 6.07) is 9.54. The molecule has 1 aromatic carbocycles. The van der Waals surface area contributed by atoms with Gasteiger partial charge < -0.3 is 19.7 Å². The third-order valence-corrected chi connectivity index (χ3v) is 4.83. The molecule has 1 aromatic heterocycles. The molecule has 2 amide bonds. The Hall–Kier alpha value is -3.09. The zero-order valence-corrected chi connectivity index (χ0v) is 14.9. The molecule has 2 aliphatic rings. The number of ether oxygens (including phenoxy) is 2. The molecule has 1 saturated heterocycles. The van der Waals surface area contributed by atoms with Crippen molar-refractivity contribution in [2.75, 3.05) is 13.3 Å². The Morgan fingerprint density at radius 3 is 2.81 bits per heavy atom. The van der Waals surface area contributed by atoms with Gasteiger partial charge in [-0.05, 0) is 35.7 Å². The number of pyridine rings is 1. The molecule has 2 aliphatic heterocycles. The zero-order valence-electron chi connectivity index (χ0n) is 14.9. The summed E-state index contributed by atoms with van der Waals surface area (Å²) >= 11 is 0. The lowest BCUT2D eigenvalue weighted by Gasteiger charge is -2.29. The molecule has 7 nitrogen and oxygen atoms in total. The van der Waals surface area contributed by atoms with Gasteiger partial charge in [-0.1, -0.05) is 12.1 Å². The minimum absolute atomic E-state index is 0.00799. The van der Waals surface area contributed by atoms with Crippen molar-refractivity contribution in [1.29, 1.82) is 0 Å². The number of nitrogens with one attached hydrogen (secondary N) is 1. The van der Waals surface area contributed by atoms with E-state index in [9.17, 15) is 9.59 Å². The maximum absolute atomic E-state index is 13.1. The number of hydrogen-bond acceptors (Lipinski definition) is 5. The Bertz CT molecular complexity index is 830. The number of fused-ring (bicyclic) bond motifs is 1. The summed E-state index contributed by atoms with van der Waals surface area (Å²) in [6.07, 6.45) is 4.45. The number of hydrogen-bond donors (Lipinski definition) is 1. The van der Waals surface area contributed by atoms with Gasteiger partial charge in [-0.2, -0.15) is 0 Å². The van der Waals surface area contributed by atoms with Crippen LogP contribution in [0.2, 0.25) is 0 Å². The minimum atomic E-state index is -0.201. The van der Waals surface area contributed by atoms with Crippen LogP contribution in [0.5, 0.6) is 11.5 Å². The summed E-state index contributed by atoms with van der Waals surface area (Å²) < 4.78 is 10.8. The van der Waals surface area contributed by atoms with E-state index in [0.717, 1.165) is 16.9 Å². The standard InChI is InChI=1S/C20H21N3O4/c24-19-6-4-16(10-22-19)20(25)23(12-15-2-1-7-21-9-15)11-14-3-5-17-18(8-14)27-13-26-17/h1-3,5,7-9,16H,4,6,10-13H2,(H,22,24)/t16-/m1/s1. The molecule has 3 heterocycles. The molecule has 140 valence electrons. The van der Waals surface area contributed by atoms with Gasteiger partial charge in [0, 0.05) is 38.4 Å². The van der Waals surface area contributed by atoms with Crippen molar-refractivity contribution in [1.82, 2.24) is 15.2 Å². The summed E-state index contributed by atoms with van der Waals surface area (Å²) in [4.78, 5) is 30.5. The van der Waals surface area contributed by atoms with Crippen LogP contribution in [0.1, 0.15) is 24.0 Å². The fourth-order valence-electron chi connectivity index (χ4n) is 3.39. The molecule has 0 saturated carbocycles. The number of carbonyl (C=O) groups excluding carboxylic acids is 2. The molecule has 0 aliphatic carbocycles. The second-order valence-corrected chi connectivity index (χ2v) is 6.78. The highest BCUT2D eigenvalue weighted by Crippen LogP contribution is 2.33. The highest BCUT2D eigenvalue weighted by Gasteiger charge is 2.29. The molecule has 1 fully saturated rings. The van der Waals surface area contributed by atoms with Crippen molar-refractivity contribution in [3.63, 3.8) is 0 Å². The monoisotopic (exact) mass is 367 g/mol. The lowest BCUT2D eigenvalue weighted by atomic mass is 9.97. The molecule has 1 N–H and O–H groups in total. The van der Waals surface area contributed by atoms with Gasteiger partial charge in [0.2, 0.25) is 18.6 Å². The third-order valence-electron chi connectivity index (χ3n) is 4.83. The summed E-state index contributed by atoms with van der Waals surface area (Å²) in [5, 5.41) is 2.79. The first kappa shape index (κ1) is 17.3. The first-order valence-corrected chi connectivity index (χ1v) is 9.02. The Labute approximate surface area is 157 Å². The van der Waals surface area contributed by atoms with Gasteiger partial charge in [0.15, 0.2) is 11.5 Å². The minimum Gasteiger partial charge on any atom is -0.454 e. The quantitative estimate of drug-likeness (QED) is 0.873. The van der Waals surface area contributed by atoms with Crippen molar-refractivity contribution in [2.24, 2.45) is 5.92 Å². The van der Waals surface area contributed by atoms with E-state index in [1.807, 2.05) is 35.2 Å². The molecule has 0 unspecified atom stereocenters. The Kier molecular flexibility index (Phi) is 4.91. The molecule has 0 radical (unpaired) electrons. The molecule has 0 spiro atoms. The average Bonchev–Trinajstić information content (AvgIpc) is 3.16. The molecule has 7 heteroatoms. The van der Waals surface area contributed by atoms with E-state index in [1.165, 1.54) is 0 Å². The van der Waals surface area contributed by atoms with Crippen LogP contribution in [0.25, 0.3) is 0 Å². The first-order valence-electron chi connectivity index (χ1n) is 9.02. The second-order valence-electron chi connectivity index (χ2n) is 6.78. The normalized spacial score (nSPS) is 18.1. The topological polar surface area (TPSA) is 80.8 Å². The van der Waals surface area contributed by atoms with Gasteiger partial charge in [-0.15, -0.1) is 0 Å². The van der Waals surface area contributed by atoms with E-state index >= 15 is 0 Å². The van der Waals surface area contributed by atoms with Gasteiger partial charge in [0.05, 0.1) is 5.92 Å². The maximum atomic E-state index is 13.1. The predicted molar refractivity (Wildman–Crippen MR) is 96.8 cm³/mol. The SMILES string of the molecule is O=C1CC[C@@H](C(=O)N(Cc2cccnc2)Cc2ccc3c(c2)OCO3)CN1. The van der Waals surface area contributed by atoms with E-state index in [1.54, 1.807) is 12.4 Å². The number of aromatic nitrogens is 1. The van der Waals surface area contributed by atoms with Crippen LogP contribution in [-0.2, 0) is 22.7 Å². The summed E-state index contributed by atoms with van der Waals surface area (Å²) in [5.74, 6) is 1.27. The van der Waals surface area contributed by atoms with Crippen molar-refractivity contribution >= 4 is 11.8 Å². The van der Waals surface area contributed by atoms with Crippen molar-refractivity contribution in [3.05, 3.63) is 53.9 Å². The van der Waals surface area contributed by atoms with Crippen LogP contribution in [0.3, 0.4) is 0 Å². The van der Waals surface area contributed by atoms with Crippen LogP contribution < -0.4 is 14.8 Å². The van der Waals surface area contributed by atoms with Crippen molar-refractivity contribution < 1.29 is 19.1 Å². The van der Waals surface area contributed by atoms with E-state index in [4.69, 9.17) is 9.47 Å². The molecule has 1 atom stereocenters. The highest BCUT2D eigenvalue weighted by molar-refractivity contribution is 5.83. The molecule has 4 rings (SSSR count). The summed E-state index contributed by atoms with van der Waals surface area (Å²) in [6.45, 7) is 1.53. The van der Waals surface area contributed by atoms with E-state index in [-0.39, 0.29) is 24.5 Å². The van der Waals surface area contributed by atoms with Crippen molar-refractivity contribution in [2.45, 2.75) is 25.9 Å². The maximum Gasteiger partial charge on any atom is 0.231 e. The summed E-state index contributed by atoms with van der Waals surface area (Å²) in [7, 11) is 0. The number of benzene rings is 1. The lowest BCUT2D eigenvalue weighted by Crippen LogP contribution is -2.44. The molecular formula is C20H21N3O4. The van der Waals surface area contributed by atoms with Gasteiger partial charge in [0.25, 0.3) is 0 Å². The molecule has 0 bridgehead atoms. The predicted octanol–water partition coefficient (Wildman–Crippen LogP) is 1.87. The van der Waals surface area contributed by atoms with Crippen LogP contribution in [-0.4, -0.2) is 35.0 Å². The molecular weight excluding hydrogens is 346 g/mol. The van der Waals surface area contributed by atoms with Crippen molar-refractivity contribution in [3.8, 4) is 11.5 Å². The lowest BCUT2D eigenvalue weighted by molar-refractivity contribution is -0.138. The number of carbonyl (C=O) groups is 2. The van der Waals surface area contributed by atoms with E-state index in [2.05, 4.69) is 10.3 Å². The number of rotatable bonds is 5.